The van der Waals surface area contributed by atoms with E-state index in [9.17, 15) is 10.1 Å². The lowest BCUT2D eigenvalue weighted by atomic mass is 10.1. The van der Waals surface area contributed by atoms with E-state index in [2.05, 4.69) is 27.3 Å². The van der Waals surface area contributed by atoms with Gasteiger partial charge in [-0.15, -0.1) is 0 Å². The molecular weight excluding hydrogens is 368 g/mol. The molecule has 28 heavy (non-hydrogen) atoms. The van der Waals surface area contributed by atoms with Crippen molar-refractivity contribution in [2.75, 3.05) is 17.3 Å². The Morgan fingerprint density at radius 1 is 1.14 bits per heavy atom. The number of nitriles is 1. The van der Waals surface area contributed by atoms with Crippen molar-refractivity contribution in [3.63, 3.8) is 0 Å². The van der Waals surface area contributed by atoms with Crippen LogP contribution in [0.25, 0.3) is 6.08 Å². The predicted molar refractivity (Wildman–Crippen MR) is 112 cm³/mol. The van der Waals surface area contributed by atoms with Gasteiger partial charge in [0.25, 0.3) is 5.91 Å². The Bertz CT molecular complexity index is 1120. The van der Waals surface area contributed by atoms with E-state index in [1.54, 1.807) is 36.2 Å². The van der Waals surface area contributed by atoms with Crippen molar-refractivity contribution in [1.29, 1.82) is 5.26 Å². The Hall–Kier alpha value is -3.56. The van der Waals surface area contributed by atoms with Gasteiger partial charge in [-0.1, -0.05) is 30.0 Å². The van der Waals surface area contributed by atoms with Crippen LogP contribution in [0, 0.1) is 11.3 Å². The van der Waals surface area contributed by atoms with Crippen LogP contribution in [-0.2, 0) is 4.79 Å². The van der Waals surface area contributed by atoms with Crippen LogP contribution < -0.4 is 10.2 Å². The molecule has 2 aromatic carbocycles. The molecule has 1 amide bonds. The maximum absolute atomic E-state index is 12.4. The number of nitrogens with one attached hydrogen (secondary N) is 1. The number of carbonyl (C=O) groups excluding carboxylic acids is 1. The fraction of sp³-hybridized carbons (Fsp3) is 0.0455. The number of hydrogen-bond acceptors (Lipinski definition) is 5. The van der Waals surface area contributed by atoms with Gasteiger partial charge in [0.05, 0.1) is 23.3 Å². The molecule has 1 aliphatic rings. The predicted octanol–water partition coefficient (Wildman–Crippen LogP) is 4.86. The highest BCUT2D eigenvalue weighted by molar-refractivity contribution is 7.99. The number of hydrogen-bond donors (Lipinski definition) is 1. The molecular formula is C22H16N4OS. The lowest BCUT2D eigenvalue weighted by Gasteiger charge is -2.29. The molecule has 0 unspecified atom stereocenters. The van der Waals surface area contributed by atoms with Crippen LogP contribution >= 0.6 is 11.8 Å². The number of anilines is 3. The first-order valence-electron chi connectivity index (χ1n) is 8.63. The highest BCUT2D eigenvalue weighted by Gasteiger charge is 2.20. The zero-order valence-corrected chi connectivity index (χ0v) is 15.9. The van der Waals surface area contributed by atoms with Gasteiger partial charge >= 0.3 is 0 Å². The number of rotatable bonds is 3. The van der Waals surface area contributed by atoms with Crippen molar-refractivity contribution in [3.05, 3.63) is 78.1 Å². The molecule has 4 rings (SSSR count). The van der Waals surface area contributed by atoms with Crippen LogP contribution in [0.15, 0.2) is 82.4 Å². The summed E-state index contributed by atoms with van der Waals surface area (Å²) in [5.41, 5.74) is 3.65. The maximum Gasteiger partial charge on any atom is 0.266 e. The zero-order valence-electron chi connectivity index (χ0n) is 15.1. The third-order valence-electron chi connectivity index (χ3n) is 4.39. The Morgan fingerprint density at radius 2 is 1.96 bits per heavy atom. The van der Waals surface area contributed by atoms with Crippen LogP contribution in [-0.4, -0.2) is 17.9 Å². The van der Waals surface area contributed by atoms with E-state index in [4.69, 9.17) is 0 Å². The van der Waals surface area contributed by atoms with E-state index in [1.165, 1.54) is 11.1 Å². The van der Waals surface area contributed by atoms with Gasteiger partial charge in [-0.05, 0) is 48.0 Å². The second kappa shape index (κ2) is 7.59. The van der Waals surface area contributed by atoms with Gasteiger partial charge in [0.15, 0.2) is 0 Å². The molecule has 0 aliphatic carbocycles. The van der Waals surface area contributed by atoms with E-state index in [1.807, 2.05) is 43.4 Å². The van der Waals surface area contributed by atoms with Gasteiger partial charge in [0.2, 0.25) is 0 Å². The summed E-state index contributed by atoms with van der Waals surface area (Å²) in [7, 11) is 2.04. The van der Waals surface area contributed by atoms with Crippen molar-refractivity contribution in [2.45, 2.75) is 9.79 Å². The number of pyridine rings is 1. The van der Waals surface area contributed by atoms with Crippen molar-refractivity contribution < 1.29 is 4.79 Å². The van der Waals surface area contributed by atoms with Gasteiger partial charge in [-0.3, -0.25) is 9.78 Å². The summed E-state index contributed by atoms with van der Waals surface area (Å²) in [6.07, 6.45) is 4.76. The number of nitrogens with zero attached hydrogens (tertiary/aromatic N) is 3. The molecule has 1 aliphatic heterocycles. The number of para-hydroxylation sites is 1. The summed E-state index contributed by atoms with van der Waals surface area (Å²) in [6.45, 7) is 0. The Balaban J connectivity index is 1.62. The lowest BCUT2D eigenvalue weighted by molar-refractivity contribution is -0.112. The molecule has 3 aromatic rings. The molecule has 0 atom stereocenters. The summed E-state index contributed by atoms with van der Waals surface area (Å²) in [5.74, 6) is -0.455. The van der Waals surface area contributed by atoms with Crippen LogP contribution in [0.3, 0.4) is 0 Å². The molecule has 1 N–H and O–H groups in total. The van der Waals surface area contributed by atoms with E-state index in [-0.39, 0.29) is 5.57 Å². The topological polar surface area (TPSA) is 69.0 Å². The van der Waals surface area contributed by atoms with Crippen LogP contribution in [0.2, 0.25) is 0 Å². The number of fused-ring (bicyclic) bond motifs is 2. The Labute approximate surface area is 167 Å². The number of amides is 1. The van der Waals surface area contributed by atoms with E-state index in [0.717, 1.165) is 21.8 Å². The number of aromatic nitrogens is 1. The molecule has 2 heterocycles. The molecule has 6 heteroatoms. The molecule has 0 saturated heterocycles. The molecule has 136 valence electrons. The smallest absolute Gasteiger partial charge is 0.266 e. The largest absolute Gasteiger partial charge is 0.343 e. The van der Waals surface area contributed by atoms with Gasteiger partial charge in [0.1, 0.15) is 11.6 Å². The summed E-state index contributed by atoms with van der Waals surface area (Å²) in [5, 5.41) is 12.1. The molecule has 0 fully saturated rings. The van der Waals surface area contributed by atoms with Crippen molar-refractivity contribution in [3.8, 4) is 6.07 Å². The van der Waals surface area contributed by atoms with E-state index < -0.39 is 5.91 Å². The van der Waals surface area contributed by atoms with Gasteiger partial charge in [-0.2, -0.15) is 5.26 Å². The summed E-state index contributed by atoms with van der Waals surface area (Å²) < 4.78 is 0. The van der Waals surface area contributed by atoms with Crippen LogP contribution in [0.4, 0.5) is 17.1 Å². The quantitative estimate of drug-likeness (QED) is 0.516. The summed E-state index contributed by atoms with van der Waals surface area (Å²) >= 11 is 1.68. The van der Waals surface area contributed by atoms with Gasteiger partial charge in [-0.25, -0.2) is 0 Å². The van der Waals surface area contributed by atoms with Gasteiger partial charge < -0.3 is 10.2 Å². The first kappa shape index (κ1) is 17.8. The average Bonchev–Trinajstić information content (AvgIpc) is 2.72. The van der Waals surface area contributed by atoms with Crippen LogP contribution in [0.5, 0.6) is 0 Å². The summed E-state index contributed by atoms with van der Waals surface area (Å²) in [4.78, 5) is 20.8. The SMILES string of the molecule is CN1c2ccccc2Sc2cc(/C=C(\C#N)C(=O)Nc3cccnc3)ccc21. The molecule has 1 aromatic heterocycles. The minimum Gasteiger partial charge on any atom is -0.343 e. The molecule has 5 nitrogen and oxygen atoms in total. The second-order valence-electron chi connectivity index (χ2n) is 6.22. The van der Waals surface area contributed by atoms with Crippen molar-refractivity contribution in [2.24, 2.45) is 0 Å². The lowest BCUT2D eigenvalue weighted by Crippen LogP contribution is -2.15. The monoisotopic (exact) mass is 384 g/mol. The van der Waals surface area contributed by atoms with Gasteiger partial charge in [0, 0.05) is 23.0 Å². The number of carbonyl (C=O) groups is 1. The Morgan fingerprint density at radius 3 is 2.75 bits per heavy atom. The average molecular weight is 384 g/mol. The second-order valence-corrected chi connectivity index (χ2v) is 7.31. The molecule has 0 saturated carbocycles. The normalized spacial score (nSPS) is 12.6. The van der Waals surface area contributed by atoms with E-state index in [0.29, 0.717) is 5.69 Å². The van der Waals surface area contributed by atoms with Crippen molar-refractivity contribution in [1.82, 2.24) is 4.98 Å². The Kier molecular flexibility index (Phi) is 4.83. The molecule has 0 radical (unpaired) electrons. The summed E-state index contributed by atoms with van der Waals surface area (Å²) in [6, 6.07) is 19.6. The van der Waals surface area contributed by atoms with E-state index >= 15 is 0 Å². The standard InChI is InChI=1S/C22H16N4OS/c1-26-18-6-2-3-7-20(18)28-21-12-15(8-9-19(21)26)11-16(13-23)22(27)25-17-5-4-10-24-14-17/h2-12,14H,1H3,(H,25,27)/b16-11+. The third-order valence-corrected chi connectivity index (χ3v) is 5.50. The fourth-order valence-electron chi connectivity index (χ4n) is 3.00. The minimum atomic E-state index is -0.455. The third kappa shape index (κ3) is 3.48. The first-order valence-corrected chi connectivity index (χ1v) is 9.45. The highest BCUT2D eigenvalue weighted by atomic mass is 32.2. The molecule has 0 bridgehead atoms. The minimum absolute atomic E-state index is 0.0402. The van der Waals surface area contributed by atoms with Crippen LogP contribution in [0.1, 0.15) is 5.56 Å². The molecule has 0 spiro atoms. The van der Waals surface area contributed by atoms with Crippen molar-refractivity contribution >= 4 is 40.8 Å². The first-order chi connectivity index (χ1) is 13.7. The number of benzene rings is 2. The fourth-order valence-corrected chi connectivity index (χ4v) is 4.20. The highest BCUT2D eigenvalue weighted by Crippen LogP contribution is 2.47. The zero-order chi connectivity index (χ0) is 19.5. The maximum atomic E-state index is 12.4.